The zero-order chi connectivity index (χ0) is 28.1. The fraction of sp³-hybridized carbons (Fsp3) is 0.240. The maximum absolute atomic E-state index is 12.9. The number of hydrogen-bond donors (Lipinski definition) is 6. The van der Waals surface area contributed by atoms with Crippen LogP contribution in [0.4, 0.5) is 0 Å². The van der Waals surface area contributed by atoms with Crippen molar-refractivity contribution in [3.63, 3.8) is 0 Å². The molecule has 2 unspecified atom stereocenters. The van der Waals surface area contributed by atoms with E-state index in [9.17, 15) is 29.8 Å². The van der Waals surface area contributed by atoms with Crippen molar-refractivity contribution >= 4 is 13.6 Å². The number of rotatable bonds is 6. The van der Waals surface area contributed by atoms with E-state index in [-0.39, 0.29) is 39.9 Å². The average Bonchev–Trinajstić information content (AvgIpc) is 2.88. The molecule has 0 aromatic heterocycles. The van der Waals surface area contributed by atoms with E-state index in [1.165, 1.54) is 37.4 Å². The molecule has 3 aromatic carbocycles. The van der Waals surface area contributed by atoms with Crippen LogP contribution in [0.5, 0.6) is 40.2 Å². The fourth-order valence-electron chi connectivity index (χ4n) is 4.46. The van der Waals surface area contributed by atoms with Crippen LogP contribution in [0.2, 0.25) is 0 Å². The van der Waals surface area contributed by atoms with Gasteiger partial charge in [0.25, 0.3) is 0 Å². The third-order valence-corrected chi connectivity index (χ3v) is 6.66. The third kappa shape index (κ3) is 5.05. The van der Waals surface area contributed by atoms with Gasteiger partial charge in [-0.2, -0.15) is 0 Å². The lowest BCUT2D eigenvalue weighted by Gasteiger charge is -2.35. The van der Waals surface area contributed by atoms with Crippen molar-refractivity contribution in [1.29, 1.82) is 0 Å². The van der Waals surface area contributed by atoms with Crippen molar-refractivity contribution in [1.82, 2.24) is 0 Å². The molecule has 3 aromatic rings. The highest BCUT2D eigenvalue weighted by Gasteiger charge is 2.41. The highest BCUT2D eigenvalue weighted by atomic mass is 31.2. The summed E-state index contributed by atoms with van der Waals surface area (Å²) in [5.74, 6) is -1.72. The Hall–Kier alpha value is -4.00. The van der Waals surface area contributed by atoms with Crippen molar-refractivity contribution in [3.05, 3.63) is 65.2 Å². The lowest BCUT2D eigenvalue weighted by Crippen LogP contribution is -2.37. The molecule has 2 aliphatic heterocycles. The summed E-state index contributed by atoms with van der Waals surface area (Å²) in [5, 5.41) is 40.8. The minimum Gasteiger partial charge on any atom is -0.507 e. The molecule has 0 spiro atoms. The number of aromatic hydroxyl groups is 2. The Balaban J connectivity index is 1.48. The SMILES string of the molecule is COc1cc(C2Oc3cc([C@H]4Oc5cc(OP(=O)(O)O)cc(O)c5C(=O)[C@@H]4O)ccc3OC2CO)ccc1O. The molecule has 206 valence electrons. The van der Waals surface area contributed by atoms with Crippen LogP contribution in [0.25, 0.3) is 0 Å². The van der Waals surface area contributed by atoms with Crippen molar-refractivity contribution in [2.45, 2.75) is 24.4 Å². The van der Waals surface area contributed by atoms with Gasteiger partial charge in [0.2, 0.25) is 5.78 Å². The normalized spacial score (nSPS) is 22.0. The van der Waals surface area contributed by atoms with E-state index in [1.807, 2.05) is 0 Å². The second-order valence-electron chi connectivity index (χ2n) is 8.76. The molecule has 0 bridgehead atoms. The number of carbonyl (C=O) groups excluding carboxylic acids is 1. The molecule has 0 aliphatic carbocycles. The van der Waals surface area contributed by atoms with Gasteiger partial charge in [-0.3, -0.25) is 14.6 Å². The van der Waals surface area contributed by atoms with Crippen molar-refractivity contribution in [2.24, 2.45) is 0 Å². The summed E-state index contributed by atoms with van der Waals surface area (Å²) in [6.07, 6.45) is -4.68. The van der Waals surface area contributed by atoms with E-state index in [0.717, 1.165) is 12.1 Å². The summed E-state index contributed by atoms with van der Waals surface area (Å²) in [6.45, 7) is -0.396. The number of Topliss-reactive ketones (excluding diaryl/α,β-unsaturated/α-hetero) is 1. The molecular formula is C25H23O13P. The Bertz CT molecular complexity index is 1480. The van der Waals surface area contributed by atoms with Crippen LogP contribution in [0.1, 0.15) is 33.7 Å². The Kier molecular flexibility index (Phi) is 6.79. The summed E-state index contributed by atoms with van der Waals surface area (Å²) >= 11 is 0. The number of hydrogen-bond acceptors (Lipinski definition) is 11. The van der Waals surface area contributed by atoms with E-state index in [4.69, 9.17) is 28.7 Å². The van der Waals surface area contributed by atoms with Crippen LogP contribution < -0.4 is 23.5 Å². The summed E-state index contributed by atoms with van der Waals surface area (Å²) in [6, 6.07) is 10.8. The van der Waals surface area contributed by atoms with Crippen LogP contribution in [0.3, 0.4) is 0 Å². The summed E-state index contributed by atoms with van der Waals surface area (Å²) in [5.41, 5.74) is 0.432. The number of phenols is 2. The first-order valence-corrected chi connectivity index (χ1v) is 13.0. The van der Waals surface area contributed by atoms with Gasteiger partial charge in [-0.05, 0) is 29.8 Å². The Morgan fingerprint density at radius 1 is 0.872 bits per heavy atom. The van der Waals surface area contributed by atoms with E-state index >= 15 is 0 Å². The molecule has 0 fully saturated rings. The van der Waals surface area contributed by atoms with Crippen LogP contribution in [-0.2, 0) is 4.57 Å². The first-order chi connectivity index (χ1) is 18.5. The van der Waals surface area contributed by atoms with E-state index in [0.29, 0.717) is 5.56 Å². The fourth-order valence-corrected chi connectivity index (χ4v) is 4.84. The molecule has 39 heavy (non-hydrogen) atoms. The molecule has 4 atom stereocenters. The number of benzene rings is 3. The maximum atomic E-state index is 12.9. The average molecular weight is 562 g/mol. The summed E-state index contributed by atoms with van der Waals surface area (Å²) < 4.78 is 38.7. The highest BCUT2D eigenvalue weighted by molar-refractivity contribution is 7.46. The number of aliphatic hydroxyl groups excluding tert-OH is 2. The van der Waals surface area contributed by atoms with Gasteiger partial charge in [0.15, 0.2) is 47.4 Å². The summed E-state index contributed by atoms with van der Waals surface area (Å²) in [4.78, 5) is 31.1. The molecule has 13 nitrogen and oxygen atoms in total. The smallest absolute Gasteiger partial charge is 0.507 e. The van der Waals surface area contributed by atoms with Crippen LogP contribution >= 0.6 is 7.82 Å². The number of aliphatic hydroxyl groups is 2. The first kappa shape index (κ1) is 26.6. The minimum atomic E-state index is -4.98. The van der Waals surface area contributed by atoms with Gasteiger partial charge in [0.1, 0.15) is 22.8 Å². The minimum absolute atomic E-state index is 0.0880. The number of ether oxygens (including phenoxy) is 4. The predicted molar refractivity (Wildman–Crippen MR) is 130 cm³/mol. The summed E-state index contributed by atoms with van der Waals surface area (Å²) in [7, 11) is -3.59. The van der Waals surface area contributed by atoms with Gasteiger partial charge in [-0.1, -0.05) is 12.1 Å². The number of phosphoric acid groups is 1. The zero-order valence-electron chi connectivity index (χ0n) is 20.1. The van der Waals surface area contributed by atoms with Gasteiger partial charge < -0.3 is 43.9 Å². The highest BCUT2D eigenvalue weighted by Crippen LogP contribution is 2.47. The van der Waals surface area contributed by atoms with Crippen LogP contribution in [-0.4, -0.2) is 61.9 Å². The number of methoxy groups -OCH3 is 1. The topological polar surface area (TPSA) is 202 Å². The van der Waals surface area contributed by atoms with Gasteiger partial charge in [0, 0.05) is 17.7 Å². The van der Waals surface area contributed by atoms with Gasteiger partial charge in [-0.15, -0.1) is 0 Å². The number of ketones is 1. The van der Waals surface area contributed by atoms with Gasteiger partial charge in [0.05, 0.1) is 13.7 Å². The molecule has 0 radical (unpaired) electrons. The maximum Gasteiger partial charge on any atom is 0.524 e. The molecule has 14 heteroatoms. The zero-order valence-corrected chi connectivity index (χ0v) is 21.0. The Labute approximate surface area is 220 Å². The molecule has 0 saturated heterocycles. The Morgan fingerprint density at radius 2 is 1.56 bits per heavy atom. The van der Waals surface area contributed by atoms with E-state index < -0.39 is 56.1 Å². The second kappa shape index (κ2) is 9.95. The van der Waals surface area contributed by atoms with Gasteiger partial charge in [-0.25, -0.2) is 4.57 Å². The monoisotopic (exact) mass is 562 g/mol. The van der Waals surface area contributed by atoms with Crippen molar-refractivity contribution in [3.8, 4) is 40.2 Å². The van der Waals surface area contributed by atoms with Crippen molar-refractivity contribution < 1.29 is 63.0 Å². The number of carbonyl (C=O) groups is 1. The number of phosphoric ester groups is 1. The van der Waals surface area contributed by atoms with Gasteiger partial charge >= 0.3 is 7.82 Å². The Morgan fingerprint density at radius 3 is 2.26 bits per heavy atom. The lowest BCUT2D eigenvalue weighted by molar-refractivity contribution is -0.0130. The second-order valence-corrected chi connectivity index (χ2v) is 9.92. The quantitative estimate of drug-likeness (QED) is 0.239. The molecule has 6 N–H and O–H groups in total. The third-order valence-electron chi connectivity index (χ3n) is 6.21. The number of phenolic OH excluding ortho intramolecular Hbond substituents is 2. The molecule has 0 saturated carbocycles. The molecular weight excluding hydrogens is 539 g/mol. The molecule has 0 amide bonds. The standard InChI is InChI=1S/C25H23O13P/c1-34-17-6-11(2-4-14(17)27)24-20(10-26)35-16-5-3-12(7-18(16)36-24)25-23(30)22(29)21-15(28)8-13(9-19(21)37-25)38-39(31,32)33/h2-9,20,23-28,30H,10H2,1H3,(H2,31,32,33)/t20?,23-,24?,25+/m0/s1. The van der Waals surface area contributed by atoms with E-state index in [1.54, 1.807) is 6.07 Å². The molecule has 2 aliphatic rings. The van der Waals surface area contributed by atoms with Crippen LogP contribution in [0, 0.1) is 0 Å². The molecule has 5 rings (SSSR count). The lowest BCUT2D eigenvalue weighted by atomic mass is 9.92. The van der Waals surface area contributed by atoms with Crippen LogP contribution in [0.15, 0.2) is 48.5 Å². The predicted octanol–water partition coefficient (Wildman–Crippen LogP) is 2.13. The van der Waals surface area contributed by atoms with E-state index in [2.05, 4.69) is 4.52 Å². The largest absolute Gasteiger partial charge is 0.524 e. The van der Waals surface area contributed by atoms with Crippen molar-refractivity contribution in [2.75, 3.05) is 13.7 Å². The number of fused-ring (bicyclic) bond motifs is 2. The molecule has 2 heterocycles. The first-order valence-electron chi connectivity index (χ1n) is 11.4.